The van der Waals surface area contributed by atoms with Crippen LogP contribution in [0.4, 0.5) is 0 Å². The number of ketones is 1. The Labute approximate surface area is 121 Å². The summed E-state index contributed by atoms with van der Waals surface area (Å²) in [5, 5.41) is 5.05. The number of hydrogen-bond donors (Lipinski definition) is 0. The van der Waals surface area contributed by atoms with E-state index >= 15 is 0 Å². The molecule has 2 heterocycles. The van der Waals surface area contributed by atoms with Crippen LogP contribution in [0.5, 0.6) is 0 Å². The first-order valence-corrected chi connectivity index (χ1v) is 8.01. The maximum Gasteiger partial charge on any atom is 0.169 e. The molecule has 0 amide bonds. The molecule has 0 aliphatic carbocycles. The van der Waals surface area contributed by atoms with Crippen molar-refractivity contribution in [2.45, 2.75) is 6.42 Å². The van der Waals surface area contributed by atoms with Crippen molar-refractivity contribution in [3.8, 4) is 0 Å². The minimum atomic E-state index is 0.196. The third-order valence-corrected chi connectivity index (χ3v) is 5.40. The largest absolute Gasteiger partial charge is 0.294 e. The minimum Gasteiger partial charge on any atom is -0.294 e. The average molecular weight is 337 g/mol. The van der Waals surface area contributed by atoms with Crippen molar-refractivity contribution in [2.75, 3.05) is 0 Å². The van der Waals surface area contributed by atoms with Crippen molar-refractivity contribution in [1.82, 2.24) is 0 Å². The molecule has 3 rings (SSSR count). The van der Waals surface area contributed by atoms with Gasteiger partial charge in [-0.3, -0.25) is 4.79 Å². The first kappa shape index (κ1) is 12.1. The number of rotatable bonds is 3. The number of halogens is 1. The van der Waals surface area contributed by atoms with E-state index in [0.29, 0.717) is 6.42 Å². The van der Waals surface area contributed by atoms with Gasteiger partial charge in [0.2, 0.25) is 0 Å². The molecule has 1 nitrogen and oxygen atoms in total. The summed E-state index contributed by atoms with van der Waals surface area (Å²) in [4.78, 5) is 13.4. The molecule has 0 fully saturated rings. The van der Waals surface area contributed by atoms with Crippen LogP contribution < -0.4 is 0 Å². The third kappa shape index (κ3) is 2.28. The van der Waals surface area contributed by atoms with Crippen LogP contribution in [-0.2, 0) is 6.42 Å². The Morgan fingerprint density at radius 3 is 2.78 bits per heavy atom. The van der Waals surface area contributed by atoms with Crippen molar-refractivity contribution < 1.29 is 4.79 Å². The van der Waals surface area contributed by atoms with Gasteiger partial charge in [-0.1, -0.05) is 18.2 Å². The highest BCUT2D eigenvalue weighted by atomic mass is 79.9. The Bertz CT molecular complexity index is 711. The predicted octanol–water partition coefficient (Wildman–Crippen LogP) is 5.15. The number of hydrogen-bond acceptors (Lipinski definition) is 3. The highest BCUT2D eigenvalue weighted by Gasteiger charge is 2.13. The quantitative estimate of drug-likeness (QED) is 0.604. The van der Waals surface area contributed by atoms with E-state index in [2.05, 4.69) is 22.0 Å². The third-order valence-electron chi connectivity index (χ3n) is 2.74. The van der Waals surface area contributed by atoms with Gasteiger partial charge in [0, 0.05) is 42.2 Å². The molecule has 1 aromatic carbocycles. The Morgan fingerprint density at radius 2 is 2.00 bits per heavy atom. The standard InChI is InChI=1S/C14H9BrOS2/c15-9-5-10(17-7-9)6-13(16)12-8-18-14-4-2-1-3-11(12)14/h1-5,7-8H,6H2. The van der Waals surface area contributed by atoms with Crippen LogP contribution in [-0.4, -0.2) is 5.78 Å². The average Bonchev–Trinajstić information content (AvgIpc) is 2.95. The number of carbonyl (C=O) groups is 1. The van der Waals surface area contributed by atoms with Gasteiger partial charge >= 0.3 is 0 Å². The molecule has 0 N–H and O–H groups in total. The van der Waals surface area contributed by atoms with E-state index in [4.69, 9.17) is 0 Å². The summed E-state index contributed by atoms with van der Waals surface area (Å²) in [6.45, 7) is 0. The lowest BCUT2D eigenvalue weighted by Gasteiger charge is -1.97. The molecule has 2 aromatic heterocycles. The number of Topliss-reactive ketones (excluding diaryl/α,β-unsaturated/α-hetero) is 1. The van der Waals surface area contributed by atoms with Gasteiger partial charge < -0.3 is 0 Å². The summed E-state index contributed by atoms with van der Waals surface area (Å²) in [5.74, 6) is 0.196. The summed E-state index contributed by atoms with van der Waals surface area (Å²) >= 11 is 6.66. The lowest BCUT2D eigenvalue weighted by molar-refractivity contribution is 0.0996. The molecule has 3 aromatic rings. The van der Waals surface area contributed by atoms with Gasteiger partial charge in [0.1, 0.15) is 0 Å². The molecule has 0 unspecified atom stereocenters. The van der Waals surface area contributed by atoms with E-state index in [0.717, 1.165) is 20.3 Å². The van der Waals surface area contributed by atoms with Gasteiger partial charge in [-0.15, -0.1) is 22.7 Å². The predicted molar refractivity (Wildman–Crippen MR) is 81.9 cm³/mol. The lowest BCUT2D eigenvalue weighted by atomic mass is 10.1. The van der Waals surface area contributed by atoms with Crippen molar-refractivity contribution in [2.24, 2.45) is 0 Å². The van der Waals surface area contributed by atoms with Crippen LogP contribution in [0.15, 0.2) is 45.6 Å². The molecule has 90 valence electrons. The van der Waals surface area contributed by atoms with Crippen molar-refractivity contribution >= 4 is 54.5 Å². The molecular weight excluding hydrogens is 328 g/mol. The van der Waals surface area contributed by atoms with Crippen LogP contribution in [0.1, 0.15) is 15.2 Å². The first-order chi connectivity index (χ1) is 8.74. The van der Waals surface area contributed by atoms with Crippen LogP contribution >= 0.6 is 38.6 Å². The van der Waals surface area contributed by atoms with E-state index in [-0.39, 0.29) is 5.78 Å². The molecule has 0 bridgehead atoms. The second-order valence-electron chi connectivity index (χ2n) is 3.98. The van der Waals surface area contributed by atoms with Gasteiger partial charge in [-0.25, -0.2) is 0 Å². The molecule has 0 saturated heterocycles. The van der Waals surface area contributed by atoms with Crippen molar-refractivity contribution in [3.63, 3.8) is 0 Å². The fourth-order valence-corrected chi connectivity index (χ4v) is 4.31. The number of benzene rings is 1. The SMILES string of the molecule is O=C(Cc1cc(Br)cs1)c1csc2ccccc12. The molecule has 18 heavy (non-hydrogen) atoms. The molecule has 0 aliphatic heterocycles. The molecule has 0 aliphatic rings. The second kappa shape index (κ2) is 4.96. The second-order valence-corrected chi connectivity index (χ2v) is 6.80. The maximum absolute atomic E-state index is 12.3. The van der Waals surface area contributed by atoms with E-state index in [1.165, 1.54) is 4.70 Å². The Hall–Kier alpha value is -0.970. The van der Waals surface area contributed by atoms with Crippen LogP contribution in [0, 0.1) is 0 Å². The molecule has 0 saturated carbocycles. The highest BCUT2D eigenvalue weighted by molar-refractivity contribution is 9.10. The Kier molecular flexibility index (Phi) is 3.33. The fraction of sp³-hybridized carbons (Fsp3) is 0.0714. The van der Waals surface area contributed by atoms with Crippen LogP contribution in [0.3, 0.4) is 0 Å². The Morgan fingerprint density at radius 1 is 1.17 bits per heavy atom. The van der Waals surface area contributed by atoms with Crippen molar-refractivity contribution in [1.29, 1.82) is 0 Å². The monoisotopic (exact) mass is 336 g/mol. The molecule has 0 atom stereocenters. The van der Waals surface area contributed by atoms with Crippen LogP contribution in [0.2, 0.25) is 0 Å². The maximum atomic E-state index is 12.3. The van der Waals surface area contributed by atoms with E-state index in [1.54, 1.807) is 22.7 Å². The van der Waals surface area contributed by atoms with E-state index in [1.807, 2.05) is 35.0 Å². The summed E-state index contributed by atoms with van der Waals surface area (Å²) in [7, 11) is 0. The fourth-order valence-electron chi connectivity index (χ4n) is 1.89. The summed E-state index contributed by atoms with van der Waals surface area (Å²) < 4.78 is 2.22. The summed E-state index contributed by atoms with van der Waals surface area (Å²) in [6.07, 6.45) is 0.483. The Balaban J connectivity index is 1.92. The van der Waals surface area contributed by atoms with Gasteiger partial charge in [-0.05, 0) is 28.1 Å². The van der Waals surface area contributed by atoms with Gasteiger partial charge in [0.25, 0.3) is 0 Å². The summed E-state index contributed by atoms with van der Waals surface area (Å²) in [6, 6.07) is 10.1. The molecule has 0 spiro atoms. The van der Waals surface area contributed by atoms with Crippen molar-refractivity contribution in [3.05, 3.63) is 56.0 Å². The number of thiophene rings is 2. The number of fused-ring (bicyclic) bond motifs is 1. The minimum absolute atomic E-state index is 0.196. The van der Waals surface area contributed by atoms with Gasteiger partial charge in [0.15, 0.2) is 5.78 Å². The topological polar surface area (TPSA) is 17.1 Å². The molecule has 4 heteroatoms. The van der Waals surface area contributed by atoms with Gasteiger partial charge in [-0.2, -0.15) is 0 Å². The normalized spacial score (nSPS) is 10.9. The van der Waals surface area contributed by atoms with Crippen LogP contribution in [0.25, 0.3) is 10.1 Å². The zero-order chi connectivity index (χ0) is 12.5. The summed E-state index contributed by atoms with van der Waals surface area (Å²) in [5.41, 5.74) is 0.847. The first-order valence-electron chi connectivity index (χ1n) is 5.46. The smallest absolute Gasteiger partial charge is 0.169 e. The zero-order valence-electron chi connectivity index (χ0n) is 9.35. The van der Waals surface area contributed by atoms with E-state index < -0.39 is 0 Å². The van der Waals surface area contributed by atoms with E-state index in [9.17, 15) is 4.79 Å². The zero-order valence-corrected chi connectivity index (χ0v) is 12.6. The lowest BCUT2D eigenvalue weighted by Crippen LogP contribution is -2.00. The van der Waals surface area contributed by atoms with Gasteiger partial charge in [0.05, 0.1) is 0 Å². The highest BCUT2D eigenvalue weighted by Crippen LogP contribution is 2.28. The molecular formula is C14H9BrOS2. The number of carbonyl (C=O) groups excluding carboxylic acids is 1. The molecule has 0 radical (unpaired) electrons.